The summed E-state index contributed by atoms with van der Waals surface area (Å²) in [6, 6.07) is 15.2. The lowest BCUT2D eigenvalue weighted by Crippen LogP contribution is -2.38. The van der Waals surface area contributed by atoms with E-state index in [2.05, 4.69) is 4.72 Å². The van der Waals surface area contributed by atoms with Crippen molar-refractivity contribution in [3.8, 4) is 5.75 Å². The molecule has 2 N–H and O–H groups in total. The van der Waals surface area contributed by atoms with Gasteiger partial charge >= 0.3 is 0 Å². The highest BCUT2D eigenvalue weighted by Gasteiger charge is 2.26. The van der Waals surface area contributed by atoms with Gasteiger partial charge in [-0.25, -0.2) is 13.1 Å². The maximum Gasteiger partial charge on any atom is 0.254 e. The minimum Gasteiger partial charge on any atom is -0.508 e. The molecule has 1 aromatic heterocycles. The fourth-order valence-electron chi connectivity index (χ4n) is 3.99. The highest BCUT2D eigenvalue weighted by molar-refractivity contribution is 7.89. The van der Waals surface area contributed by atoms with Crippen molar-refractivity contribution in [3.05, 3.63) is 83.3 Å². The van der Waals surface area contributed by atoms with Crippen molar-refractivity contribution in [2.45, 2.75) is 37.1 Å². The average molecular weight is 455 g/mol. The fourth-order valence-corrected chi connectivity index (χ4v) is 5.01. The number of aryl methyl sites for hydroxylation is 1. The molecule has 0 atom stereocenters. The number of phenols is 1. The number of carbonyl (C=O) groups is 1. The summed E-state index contributed by atoms with van der Waals surface area (Å²) >= 11 is 0. The molecular weight excluding hydrogens is 428 g/mol. The van der Waals surface area contributed by atoms with Crippen molar-refractivity contribution in [1.82, 2.24) is 9.62 Å². The van der Waals surface area contributed by atoms with E-state index < -0.39 is 10.0 Å². The minimum atomic E-state index is -3.79. The van der Waals surface area contributed by atoms with Gasteiger partial charge in [0.25, 0.3) is 5.91 Å². The maximum atomic E-state index is 13.2. The molecule has 0 spiro atoms. The van der Waals surface area contributed by atoms with E-state index in [4.69, 9.17) is 4.42 Å². The predicted octanol–water partition coefficient (Wildman–Crippen LogP) is 3.79. The first-order valence-electron chi connectivity index (χ1n) is 10.5. The molecule has 0 aliphatic carbocycles. The second kappa shape index (κ2) is 9.18. The summed E-state index contributed by atoms with van der Waals surface area (Å²) in [5.41, 5.74) is 2.29. The molecule has 1 aliphatic heterocycles. The van der Waals surface area contributed by atoms with Crippen LogP contribution in [0.25, 0.3) is 0 Å². The smallest absolute Gasteiger partial charge is 0.254 e. The summed E-state index contributed by atoms with van der Waals surface area (Å²) in [4.78, 5) is 15.0. The molecule has 0 radical (unpaired) electrons. The van der Waals surface area contributed by atoms with Crippen molar-refractivity contribution < 1.29 is 22.7 Å². The van der Waals surface area contributed by atoms with Gasteiger partial charge in [0.2, 0.25) is 10.0 Å². The quantitative estimate of drug-likeness (QED) is 0.590. The zero-order valence-electron chi connectivity index (χ0n) is 17.8. The van der Waals surface area contributed by atoms with E-state index in [1.807, 2.05) is 19.1 Å². The van der Waals surface area contributed by atoms with Crippen LogP contribution in [0.15, 0.2) is 70.2 Å². The molecule has 32 heavy (non-hydrogen) atoms. The molecule has 2 aromatic carbocycles. The standard InChI is InChI=1S/C24H26N2O5S/c1-17-4-9-22(32(29,30)25-16-21-3-2-14-31-21)15-23(17)24(28)26-12-10-19(11-13-26)18-5-7-20(27)8-6-18/h2-9,14-15,19,25,27H,10-13,16H2,1H3. The van der Waals surface area contributed by atoms with Gasteiger partial charge in [-0.05, 0) is 73.2 Å². The topological polar surface area (TPSA) is 99.8 Å². The lowest BCUT2D eigenvalue weighted by atomic mass is 9.89. The van der Waals surface area contributed by atoms with E-state index in [1.165, 1.54) is 18.4 Å². The third-order valence-electron chi connectivity index (χ3n) is 5.91. The second-order valence-corrected chi connectivity index (χ2v) is 9.81. The number of hydrogen-bond acceptors (Lipinski definition) is 5. The molecule has 1 saturated heterocycles. The van der Waals surface area contributed by atoms with Crippen molar-refractivity contribution in [1.29, 1.82) is 0 Å². The number of aromatic hydroxyl groups is 1. The van der Waals surface area contributed by atoms with E-state index >= 15 is 0 Å². The number of nitrogens with one attached hydrogen (secondary N) is 1. The normalized spacial score (nSPS) is 15.1. The zero-order valence-corrected chi connectivity index (χ0v) is 18.6. The molecule has 168 valence electrons. The molecule has 8 heteroatoms. The van der Waals surface area contributed by atoms with E-state index in [0.717, 1.165) is 24.0 Å². The van der Waals surface area contributed by atoms with Gasteiger partial charge in [-0.3, -0.25) is 4.79 Å². The highest BCUT2D eigenvalue weighted by Crippen LogP contribution is 2.30. The Morgan fingerprint density at radius 3 is 2.50 bits per heavy atom. The number of piperidine rings is 1. The van der Waals surface area contributed by atoms with Crippen molar-refractivity contribution in [3.63, 3.8) is 0 Å². The molecule has 0 saturated carbocycles. The molecule has 4 rings (SSSR count). The Morgan fingerprint density at radius 1 is 1.12 bits per heavy atom. The molecule has 0 unspecified atom stereocenters. The van der Waals surface area contributed by atoms with Gasteiger partial charge < -0.3 is 14.4 Å². The fraction of sp³-hybridized carbons (Fsp3) is 0.292. The Bertz CT molecular complexity index is 1180. The van der Waals surface area contributed by atoms with Crippen molar-refractivity contribution in [2.75, 3.05) is 13.1 Å². The number of carbonyl (C=O) groups excluding carboxylic acids is 1. The number of furan rings is 1. The van der Waals surface area contributed by atoms with E-state index in [-0.39, 0.29) is 23.1 Å². The summed E-state index contributed by atoms with van der Waals surface area (Å²) in [6.45, 7) is 3.04. The number of rotatable bonds is 6. The van der Waals surface area contributed by atoms with Crippen LogP contribution in [0.1, 0.15) is 46.0 Å². The van der Waals surface area contributed by atoms with Gasteiger partial charge in [-0.1, -0.05) is 18.2 Å². The third-order valence-corrected chi connectivity index (χ3v) is 7.31. The number of amides is 1. The van der Waals surface area contributed by atoms with Crippen molar-refractivity contribution in [2.24, 2.45) is 0 Å². The molecule has 7 nitrogen and oxygen atoms in total. The van der Waals surface area contributed by atoms with Gasteiger partial charge in [-0.2, -0.15) is 0 Å². The summed E-state index contributed by atoms with van der Waals surface area (Å²) < 4.78 is 33.1. The van der Waals surface area contributed by atoms with Crippen LogP contribution in [0, 0.1) is 6.92 Å². The first kappa shape index (κ1) is 22.1. The van der Waals surface area contributed by atoms with Gasteiger partial charge in [0.1, 0.15) is 11.5 Å². The van der Waals surface area contributed by atoms with Gasteiger partial charge in [0.15, 0.2) is 0 Å². The average Bonchev–Trinajstić information content (AvgIpc) is 3.32. The second-order valence-electron chi connectivity index (χ2n) is 8.04. The Hall–Kier alpha value is -3.10. The summed E-state index contributed by atoms with van der Waals surface area (Å²) in [6.07, 6.45) is 3.12. The summed E-state index contributed by atoms with van der Waals surface area (Å²) in [7, 11) is -3.79. The van der Waals surface area contributed by atoms with Crippen LogP contribution in [-0.4, -0.2) is 37.4 Å². The van der Waals surface area contributed by atoms with Crippen LogP contribution in [0.2, 0.25) is 0 Å². The number of benzene rings is 2. The monoisotopic (exact) mass is 454 g/mol. The van der Waals surface area contributed by atoms with E-state index in [1.54, 1.807) is 35.2 Å². The maximum absolute atomic E-state index is 13.2. The summed E-state index contributed by atoms with van der Waals surface area (Å²) in [5.74, 6) is 0.923. The van der Waals surface area contributed by atoms with Gasteiger partial charge in [-0.15, -0.1) is 0 Å². The van der Waals surface area contributed by atoms with E-state index in [9.17, 15) is 18.3 Å². The van der Waals surface area contributed by atoms with Crippen LogP contribution in [0.3, 0.4) is 0 Å². The first-order valence-corrected chi connectivity index (χ1v) is 12.0. The van der Waals surface area contributed by atoms with Crippen LogP contribution in [-0.2, 0) is 16.6 Å². The Balaban J connectivity index is 1.45. The SMILES string of the molecule is Cc1ccc(S(=O)(=O)NCc2ccco2)cc1C(=O)N1CCC(c2ccc(O)cc2)CC1. The molecule has 1 amide bonds. The third kappa shape index (κ3) is 4.87. The zero-order chi connectivity index (χ0) is 22.7. The Morgan fingerprint density at radius 2 is 1.84 bits per heavy atom. The number of nitrogens with zero attached hydrogens (tertiary/aromatic N) is 1. The highest BCUT2D eigenvalue weighted by atomic mass is 32.2. The molecule has 3 aromatic rings. The van der Waals surface area contributed by atoms with Crippen LogP contribution in [0.4, 0.5) is 0 Å². The van der Waals surface area contributed by atoms with Gasteiger partial charge in [0.05, 0.1) is 17.7 Å². The molecule has 1 fully saturated rings. The lowest BCUT2D eigenvalue weighted by molar-refractivity contribution is 0.0712. The largest absolute Gasteiger partial charge is 0.508 e. The number of likely N-dealkylation sites (tertiary alicyclic amines) is 1. The van der Waals surface area contributed by atoms with Gasteiger partial charge in [0, 0.05) is 18.7 Å². The molecule has 2 heterocycles. The van der Waals surface area contributed by atoms with E-state index in [0.29, 0.717) is 30.3 Å². The molecular formula is C24H26N2O5S. The summed E-state index contributed by atoms with van der Waals surface area (Å²) in [5, 5.41) is 9.48. The number of sulfonamides is 1. The molecule has 1 aliphatic rings. The predicted molar refractivity (Wildman–Crippen MR) is 120 cm³/mol. The number of phenolic OH excluding ortho intramolecular Hbond substituents is 1. The Labute approximate surface area is 187 Å². The van der Waals surface area contributed by atoms with Crippen LogP contribution in [0.5, 0.6) is 5.75 Å². The van der Waals surface area contributed by atoms with Crippen LogP contribution >= 0.6 is 0 Å². The lowest BCUT2D eigenvalue weighted by Gasteiger charge is -2.32. The Kier molecular flexibility index (Phi) is 6.34. The van der Waals surface area contributed by atoms with Crippen molar-refractivity contribution >= 4 is 15.9 Å². The van der Waals surface area contributed by atoms with Crippen LogP contribution < -0.4 is 4.72 Å². The first-order chi connectivity index (χ1) is 15.3. The number of hydrogen-bond donors (Lipinski definition) is 2. The minimum absolute atomic E-state index is 0.0390. The molecule has 0 bridgehead atoms.